The molecule has 29 heavy (non-hydrogen) atoms. The van der Waals surface area contributed by atoms with Gasteiger partial charge in [0.2, 0.25) is 0 Å². The van der Waals surface area contributed by atoms with Crippen molar-refractivity contribution in [1.82, 2.24) is 0 Å². The highest BCUT2D eigenvalue weighted by molar-refractivity contribution is 6.31. The molecule has 0 saturated heterocycles. The fourth-order valence-corrected chi connectivity index (χ4v) is 2.87. The van der Waals surface area contributed by atoms with Crippen LogP contribution in [0.4, 0.5) is 5.69 Å². The average molecular weight is 410 g/mol. The molecular weight excluding hydrogens is 390 g/mol. The monoisotopic (exact) mass is 409 g/mol. The van der Waals surface area contributed by atoms with E-state index in [9.17, 15) is 9.59 Å². The first-order valence-corrected chi connectivity index (χ1v) is 9.31. The minimum atomic E-state index is -0.600. The van der Waals surface area contributed by atoms with Gasteiger partial charge in [0.05, 0.1) is 7.11 Å². The molecular formula is C23H20ClNO4. The van der Waals surface area contributed by atoms with Crippen LogP contribution < -0.4 is 10.1 Å². The van der Waals surface area contributed by atoms with E-state index in [2.05, 4.69) is 5.32 Å². The van der Waals surface area contributed by atoms with Gasteiger partial charge in [0.25, 0.3) is 5.91 Å². The first kappa shape index (κ1) is 20.4. The van der Waals surface area contributed by atoms with Gasteiger partial charge >= 0.3 is 5.97 Å². The van der Waals surface area contributed by atoms with Gasteiger partial charge in [0.15, 0.2) is 6.61 Å². The Morgan fingerprint density at radius 3 is 2.55 bits per heavy atom. The zero-order chi connectivity index (χ0) is 20.8. The highest BCUT2D eigenvalue weighted by Gasteiger charge is 2.07. The van der Waals surface area contributed by atoms with Crippen molar-refractivity contribution in [2.75, 3.05) is 19.0 Å². The molecule has 0 heterocycles. The van der Waals surface area contributed by atoms with Crippen LogP contribution in [-0.4, -0.2) is 25.6 Å². The quantitative estimate of drug-likeness (QED) is 0.459. The van der Waals surface area contributed by atoms with Gasteiger partial charge in [0.1, 0.15) is 5.75 Å². The van der Waals surface area contributed by atoms with Crippen molar-refractivity contribution in [3.05, 3.63) is 76.8 Å². The van der Waals surface area contributed by atoms with Crippen LogP contribution in [-0.2, 0) is 14.3 Å². The van der Waals surface area contributed by atoms with Gasteiger partial charge in [-0.3, -0.25) is 4.79 Å². The number of aryl methyl sites for hydroxylation is 1. The van der Waals surface area contributed by atoms with E-state index in [-0.39, 0.29) is 6.61 Å². The van der Waals surface area contributed by atoms with E-state index in [1.165, 1.54) is 6.08 Å². The molecule has 0 aliphatic carbocycles. The predicted molar refractivity (Wildman–Crippen MR) is 115 cm³/mol. The predicted octanol–water partition coefficient (Wildman–Crippen LogP) is 5.01. The summed E-state index contributed by atoms with van der Waals surface area (Å²) in [4.78, 5) is 23.8. The van der Waals surface area contributed by atoms with Crippen LogP contribution in [0.3, 0.4) is 0 Å². The van der Waals surface area contributed by atoms with Crippen LogP contribution in [0.2, 0.25) is 5.02 Å². The number of hydrogen-bond donors (Lipinski definition) is 1. The normalized spacial score (nSPS) is 10.9. The molecule has 148 valence electrons. The maximum absolute atomic E-state index is 11.9. The molecule has 5 nitrogen and oxygen atoms in total. The lowest BCUT2D eigenvalue weighted by atomic mass is 10.1. The second-order valence-corrected chi connectivity index (χ2v) is 6.83. The lowest BCUT2D eigenvalue weighted by Gasteiger charge is -2.07. The van der Waals surface area contributed by atoms with E-state index in [1.54, 1.807) is 31.4 Å². The SMILES string of the molecule is COc1ccc2cc(/C=C/C(=O)OCC(=O)Nc3ccc(C)c(Cl)c3)ccc2c1. The molecule has 1 N–H and O–H groups in total. The van der Waals surface area contributed by atoms with Gasteiger partial charge in [-0.25, -0.2) is 4.79 Å². The molecule has 3 rings (SSSR count). The van der Waals surface area contributed by atoms with E-state index in [0.717, 1.165) is 27.6 Å². The highest BCUT2D eigenvalue weighted by Crippen LogP contribution is 2.22. The Hall–Kier alpha value is -3.31. The number of carbonyl (C=O) groups excluding carboxylic acids is 2. The third-order valence-corrected chi connectivity index (χ3v) is 4.69. The Morgan fingerprint density at radius 1 is 1.03 bits per heavy atom. The van der Waals surface area contributed by atoms with Crippen LogP contribution in [0.1, 0.15) is 11.1 Å². The van der Waals surface area contributed by atoms with Gasteiger partial charge in [0, 0.05) is 16.8 Å². The number of carbonyl (C=O) groups is 2. The summed E-state index contributed by atoms with van der Waals surface area (Å²) in [6.07, 6.45) is 2.93. The van der Waals surface area contributed by atoms with E-state index >= 15 is 0 Å². The van der Waals surface area contributed by atoms with Crippen molar-refractivity contribution in [3.8, 4) is 5.75 Å². The molecule has 3 aromatic rings. The number of anilines is 1. The van der Waals surface area contributed by atoms with Crippen molar-refractivity contribution in [2.45, 2.75) is 6.92 Å². The van der Waals surface area contributed by atoms with E-state index in [4.69, 9.17) is 21.1 Å². The lowest BCUT2D eigenvalue weighted by Crippen LogP contribution is -2.20. The molecule has 6 heteroatoms. The molecule has 0 bridgehead atoms. The molecule has 0 aliphatic heterocycles. The third-order valence-electron chi connectivity index (χ3n) is 4.28. The maximum Gasteiger partial charge on any atom is 0.331 e. The van der Waals surface area contributed by atoms with Crippen LogP contribution in [0.25, 0.3) is 16.8 Å². The molecule has 0 aliphatic rings. The number of nitrogens with one attached hydrogen (secondary N) is 1. The first-order valence-electron chi connectivity index (χ1n) is 8.93. The number of amides is 1. The van der Waals surface area contributed by atoms with Crippen molar-refractivity contribution < 1.29 is 19.1 Å². The Morgan fingerprint density at radius 2 is 1.79 bits per heavy atom. The average Bonchev–Trinajstić information content (AvgIpc) is 2.72. The lowest BCUT2D eigenvalue weighted by molar-refractivity contribution is -0.142. The van der Waals surface area contributed by atoms with Gasteiger partial charge in [-0.1, -0.05) is 35.9 Å². The van der Waals surface area contributed by atoms with Gasteiger partial charge in [-0.2, -0.15) is 0 Å². The Bertz CT molecular complexity index is 1090. The summed E-state index contributed by atoms with van der Waals surface area (Å²) in [7, 11) is 1.63. The standard InChI is InChI=1S/C23H20ClNO4/c1-15-3-8-19(13-21(15)24)25-22(26)14-29-23(27)10-5-16-4-6-18-12-20(28-2)9-7-17(18)11-16/h3-13H,14H2,1-2H3,(H,25,26)/b10-5+. The molecule has 1 amide bonds. The third kappa shape index (κ3) is 5.59. The molecule has 0 radical (unpaired) electrons. The topological polar surface area (TPSA) is 64.6 Å². The number of rotatable bonds is 6. The van der Waals surface area contributed by atoms with Crippen molar-refractivity contribution in [1.29, 1.82) is 0 Å². The molecule has 3 aromatic carbocycles. The Balaban J connectivity index is 1.54. The molecule has 0 saturated carbocycles. The largest absolute Gasteiger partial charge is 0.497 e. The smallest absolute Gasteiger partial charge is 0.331 e. The summed E-state index contributed by atoms with van der Waals surface area (Å²) in [6.45, 7) is 1.49. The number of benzene rings is 3. The number of hydrogen-bond acceptors (Lipinski definition) is 4. The molecule has 0 aromatic heterocycles. The summed E-state index contributed by atoms with van der Waals surface area (Å²) < 4.78 is 10.2. The summed E-state index contributed by atoms with van der Waals surface area (Å²) >= 11 is 6.02. The summed E-state index contributed by atoms with van der Waals surface area (Å²) in [5.74, 6) is -0.251. The fourth-order valence-electron chi connectivity index (χ4n) is 2.69. The summed E-state index contributed by atoms with van der Waals surface area (Å²) in [5.41, 5.74) is 2.30. The van der Waals surface area contributed by atoms with Crippen LogP contribution in [0.5, 0.6) is 5.75 Å². The van der Waals surface area contributed by atoms with Crippen LogP contribution >= 0.6 is 11.6 Å². The molecule has 0 unspecified atom stereocenters. The van der Waals surface area contributed by atoms with E-state index in [0.29, 0.717) is 10.7 Å². The number of methoxy groups -OCH3 is 1. The maximum atomic E-state index is 11.9. The van der Waals surface area contributed by atoms with Gasteiger partial charge in [-0.15, -0.1) is 0 Å². The number of esters is 1. The second kappa shape index (κ2) is 9.26. The van der Waals surface area contributed by atoms with Gasteiger partial charge in [-0.05, 0) is 65.2 Å². The zero-order valence-electron chi connectivity index (χ0n) is 16.1. The highest BCUT2D eigenvalue weighted by atomic mass is 35.5. The van der Waals surface area contributed by atoms with Crippen molar-refractivity contribution >= 4 is 46.0 Å². The molecule has 0 fully saturated rings. The summed E-state index contributed by atoms with van der Waals surface area (Å²) in [6, 6.07) is 16.7. The van der Waals surface area contributed by atoms with Crippen LogP contribution in [0.15, 0.2) is 60.7 Å². The van der Waals surface area contributed by atoms with E-state index < -0.39 is 11.9 Å². The zero-order valence-corrected chi connectivity index (χ0v) is 16.8. The van der Waals surface area contributed by atoms with Crippen molar-refractivity contribution in [2.24, 2.45) is 0 Å². The number of halogens is 1. The summed E-state index contributed by atoms with van der Waals surface area (Å²) in [5, 5.41) is 5.25. The fraction of sp³-hybridized carbons (Fsp3) is 0.130. The Labute approximate surface area is 173 Å². The molecule has 0 spiro atoms. The second-order valence-electron chi connectivity index (χ2n) is 6.43. The first-order chi connectivity index (χ1) is 13.9. The Kier molecular flexibility index (Phi) is 6.52. The number of ether oxygens (including phenoxy) is 2. The number of fused-ring (bicyclic) bond motifs is 1. The van der Waals surface area contributed by atoms with Gasteiger partial charge < -0.3 is 14.8 Å². The van der Waals surface area contributed by atoms with Crippen LogP contribution in [0, 0.1) is 6.92 Å². The minimum absolute atomic E-state index is 0.383. The van der Waals surface area contributed by atoms with Crippen molar-refractivity contribution in [3.63, 3.8) is 0 Å². The minimum Gasteiger partial charge on any atom is -0.497 e. The molecule has 0 atom stereocenters. The van der Waals surface area contributed by atoms with E-state index in [1.807, 2.05) is 43.3 Å².